The highest BCUT2D eigenvalue weighted by atomic mass is 16.6. The van der Waals surface area contributed by atoms with Crippen LogP contribution in [0.4, 0.5) is 4.79 Å². The third-order valence-corrected chi connectivity index (χ3v) is 13.8. The first kappa shape index (κ1) is 43.6. The van der Waals surface area contributed by atoms with Crippen LogP contribution in [0.3, 0.4) is 0 Å². The van der Waals surface area contributed by atoms with Gasteiger partial charge in [-0.25, -0.2) is 14.8 Å². The molecule has 3 saturated heterocycles. The number of benzene rings is 2. The molecule has 3 fully saturated rings. The van der Waals surface area contributed by atoms with Crippen LogP contribution >= 0.6 is 0 Å². The summed E-state index contributed by atoms with van der Waals surface area (Å²) < 4.78 is 9.82. The van der Waals surface area contributed by atoms with Crippen LogP contribution in [-0.2, 0) is 30.9 Å². The molecule has 5 heterocycles. The smallest absolute Gasteiger partial charge is 0.407 e. The summed E-state index contributed by atoms with van der Waals surface area (Å²) in [4.78, 5) is 62.7. The molecule has 62 heavy (non-hydrogen) atoms. The van der Waals surface area contributed by atoms with Gasteiger partial charge in [-0.1, -0.05) is 64.1 Å². The van der Waals surface area contributed by atoms with Crippen LogP contribution in [0.15, 0.2) is 48.8 Å². The highest BCUT2D eigenvalue weighted by Gasteiger charge is 2.46. The Morgan fingerprint density at radius 2 is 1.37 bits per heavy atom. The monoisotopic (exact) mass is 849 g/mol. The van der Waals surface area contributed by atoms with Gasteiger partial charge in [-0.2, -0.15) is 0 Å². The van der Waals surface area contributed by atoms with E-state index in [4.69, 9.17) is 19.4 Å². The van der Waals surface area contributed by atoms with Gasteiger partial charge in [0.1, 0.15) is 17.7 Å². The van der Waals surface area contributed by atoms with Crippen LogP contribution in [0.2, 0.25) is 0 Å². The third-order valence-electron chi connectivity index (χ3n) is 13.8. The van der Waals surface area contributed by atoms with Crippen molar-refractivity contribution in [2.45, 2.75) is 109 Å². The Labute approximate surface area is 364 Å². The lowest BCUT2D eigenvalue weighted by Gasteiger charge is -2.31. The van der Waals surface area contributed by atoms with E-state index >= 15 is 0 Å². The molecule has 3 aliphatic heterocycles. The van der Waals surface area contributed by atoms with E-state index < -0.39 is 24.6 Å². The minimum atomic E-state index is -1.23. The van der Waals surface area contributed by atoms with Crippen molar-refractivity contribution in [1.29, 1.82) is 0 Å². The summed E-state index contributed by atoms with van der Waals surface area (Å²) in [7, 11) is 4.93. The maximum Gasteiger partial charge on any atom is 0.407 e. The third kappa shape index (κ3) is 8.27. The van der Waals surface area contributed by atoms with Crippen LogP contribution in [0, 0.1) is 11.8 Å². The number of aromatic nitrogens is 4. The highest BCUT2D eigenvalue weighted by Crippen LogP contribution is 2.52. The lowest BCUT2D eigenvalue weighted by Crippen LogP contribution is -2.52. The molecule has 15 heteroatoms. The number of carbonyl (C=O) groups excluding carboxylic acids is 3. The first-order chi connectivity index (χ1) is 29.8. The summed E-state index contributed by atoms with van der Waals surface area (Å²) in [5.41, 5.74) is 9.29. The zero-order valence-electron chi connectivity index (χ0n) is 37.2. The summed E-state index contributed by atoms with van der Waals surface area (Å²) in [5.74, 6) is 1.18. The molecule has 4 aliphatic rings. The van der Waals surface area contributed by atoms with Gasteiger partial charge >= 0.3 is 6.09 Å². The Balaban J connectivity index is 1.05. The van der Waals surface area contributed by atoms with Crippen LogP contribution in [0.5, 0.6) is 0 Å². The number of likely N-dealkylation sites (N-methyl/N-ethyl adjacent to an activating group) is 1. The normalized spacial score (nSPS) is 22.8. The predicted octanol–water partition coefficient (Wildman–Crippen LogP) is 5.90. The number of aliphatic hydroxyl groups is 1. The van der Waals surface area contributed by atoms with Crippen molar-refractivity contribution in [3.63, 3.8) is 0 Å². The van der Waals surface area contributed by atoms with Gasteiger partial charge in [-0.3, -0.25) is 14.9 Å². The van der Waals surface area contributed by atoms with Crippen LogP contribution in [0.25, 0.3) is 33.6 Å². The van der Waals surface area contributed by atoms with E-state index in [1.54, 1.807) is 0 Å². The number of aromatic amines is 2. The SMILES string of the molecule is COC(=O)NC(C(=O)N1CCCC1c1ncc(-c2ccc(-c3ccc(-c4cnc(C5CCCN5C(=O)C(NC(O)OC)C(C)C)[nH]4)c4c3C3(CC4)CCN(C)C3)cc2)[nH]1)C(C)C. The number of alkyl carbamates (subject to hydrolysis) is 1. The minimum Gasteiger partial charge on any atom is -0.453 e. The molecule has 15 nitrogen and oxygen atoms in total. The van der Waals surface area contributed by atoms with Crippen LogP contribution in [0.1, 0.15) is 101 Å². The zero-order chi connectivity index (χ0) is 43.9. The van der Waals surface area contributed by atoms with E-state index in [1.165, 1.54) is 30.9 Å². The van der Waals surface area contributed by atoms with E-state index in [-0.39, 0.29) is 41.1 Å². The van der Waals surface area contributed by atoms with Gasteiger partial charge < -0.3 is 44.6 Å². The summed E-state index contributed by atoms with van der Waals surface area (Å²) >= 11 is 0. The number of hydrogen-bond donors (Lipinski definition) is 5. The van der Waals surface area contributed by atoms with Crippen molar-refractivity contribution < 1.29 is 29.0 Å². The Morgan fingerprint density at radius 1 is 0.790 bits per heavy atom. The van der Waals surface area contributed by atoms with Crippen molar-refractivity contribution in [2.75, 3.05) is 47.4 Å². The molecule has 2 aromatic carbocycles. The van der Waals surface area contributed by atoms with Gasteiger partial charge in [0.05, 0.1) is 49.0 Å². The van der Waals surface area contributed by atoms with Crippen LogP contribution in [-0.4, -0.2) is 124 Å². The van der Waals surface area contributed by atoms with Gasteiger partial charge in [0.15, 0.2) is 0 Å². The lowest BCUT2D eigenvalue weighted by molar-refractivity contribution is -0.145. The molecule has 6 unspecified atom stereocenters. The quantitative estimate of drug-likeness (QED) is 0.102. The second-order valence-electron chi connectivity index (χ2n) is 18.4. The fourth-order valence-electron chi connectivity index (χ4n) is 10.6. The maximum absolute atomic E-state index is 13.9. The Hall–Kier alpha value is -5.09. The Bertz CT molecular complexity index is 2250. The van der Waals surface area contributed by atoms with Crippen molar-refractivity contribution >= 4 is 17.9 Å². The van der Waals surface area contributed by atoms with E-state index in [0.717, 1.165) is 97.8 Å². The van der Waals surface area contributed by atoms with Crippen molar-refractivity contribution in [3.05, 3.63) is 71.6 Å². The topological polar surface area (TPSA) is 181 Å². The van der Waals surface area contributed by atoms with Crippen molar-refractivity contribution in [1.82, 2.24) is 45.3 Å². The summed E-state index contributed by atoms with van der Waals surface area (Å²) in [6, 6.07) is 11.5. The van der Waals surface area contributed by atoms with Gasteiger partial charge in [0.2, 0.25) is 18.2 Å². The molecule has 2 aromatic heterocycles. The highest BCUT2D eigenvalue weighted by molar-refractivity contribution is 5.87. The maximum atomic E-state index is 13.9. The number of fused-ring (bicyclic) bond motifs is 2. The first-order valence-corrected chi connectivity index (χ1v) is 22.3. The van der Waals surface area contributed by atoms with Gasteiger partial charge in [0, 0.05) is 37.7 Å². The number of hydrogen-bond acceptors (Lipinski definition) is 10. The number of rotatable bonds is 13. The number of likely N-dealkylation sites (tertiary alicyclic amines) is 3. The molecule has 1 aliphatic carbocycles. The second kappa shape index (κ2) is 17.9. The lowest BCUT2D eigenvalue weighted by atomic mass is 9.77. The van der Waals surface area contributed by atoms with Crippen molar-refractivity contribution in [2.24, 2.45) is 11.8 Å². The molecule has 0 bridgehead atoms. The predicted molar refractivity (Wildman–Crippen MR) is 235 cm³/mol. The number of nitrogens with zero attached hydrogens (tertiary/aromatic N) is 5. The number of carbonyl (C=O) groups is 3. The molecule has 8 rings (SSSR count). The first-order valence-electron chi connectivity index (χ1n) is 22.3. The Morgan fingerprint density at radius 3 is 1.95 bits per heavy atom. The molecule has 5 N–H and O–H groups in total. The van der Waals surface area contributed by atoms with Gasteiger partial charge in [0.25, 0.3) is 0 Å². The van der Waals surface area contributed by atoms with Gasteiger partial charge in [-0.15, -0.1) is 0 Å². The number of aliphatic hydroxyl groups excluding tert-OH is 1. The average molecular weight is 850 g/mol. The minimum absolute atomic E-state index is 0.0484. The summed E-state index contributed by atoms with van der Waals surface area (Å²) in [6.45, 7) is 11.1. The number of methoxy groups -OCH3 is 2. The van der Waals surface area contributed by atoms with E-state index in [1.807, 2.05) is 49.9 Å². The summed E-state index contributed by atoms with van der Waals surface area (Å²) in [6.07, 6.45) is 8.43. The van der Waals surface area contributed by atoms with E-state index in [9.17, 15) is 19.5 Å². The van der Waals surface area contributed by atoms with Gasteiger partial charge in [-0.05, 0) is 98.2 Å². The standard InChI is InChI=1S/C47H63N9O6/c1-27(2)39(52-45(59)61-6)43(57)55-21-8-10-36(55)41-48-24-34(50-41)30-14-12-29(13-15-30)31-16-17-32(33-18-19-47(38(31)33)20-23-54(5)26-47)35-25-49-42(51-35)37-11-9-22-56(37)44(58)40(28(3)4)53-46(60)62-7/h12-17,24-25,27-28,36-37,39-40,46,53,60H,8-11,18-23,26H2,1-7H3,(H,48,50)(H,49,51)(H,52,59). The molecule has 0 radical (unpaired) electrons. The molecule has 3 amide bonds. The molecule has 1 spiro atoms. The molecular weight excluding hydrogens is 787 g/mol. The largest absolute Gasteiger partial charge is 0.453 e. The number of amides is 3. The van der Waals surface area contributed by atoms with Crippen molar-refractivity contribution in [3.8, 4) is 33.6 Å². The number of nitrogens with one attached hydrogen (secondary N) is 4. The molecule has 332 valence electrons. The fourth-order valence-corrected chi connectivity index (χ4v) is 10.6. The zero-order valence-corrected chi connectivity index (χ0v) is 37.2. The molecule has 6 atom stereocenters. The summed E-state index contributed by atoms with van der Waals surface area (Å²) in [5, 5.41) is 15.8. The van der Waals surface area contributed by atoms with E-state index in [0.29, 0.717) is 13.1 Å². The number of H-pyrrole nitrogens is 2. The second-order valence-corrected chi connectivity index (χ2v) is 18.4. The Kier molecular flexibility index (Phi) is 12.6. The average Bonchev–Trinajstić information content (AvgIpc) is 4.13. The number of imidazole rings is 2. The fraction of sp³-hybridized carbons (Fsp3) is 0.553. The molecule has 4 aromatic rings. The number of ether oxygens (including phenoxy) is 2. The van der Waals surface area contributed by atoms with E-state index in [2.05, 4.69) is 68.9 Å². The molecule has 0 saturated carbocycles. The molecular formula is C47H63N9O6. The van der Waals surface area contributed by atoms with Crippen LogP contribution < -0.4 is 10.6 Å².